The molecule has 15 heavy (non-hydrogen) atoms. The highest BCUT2D eigenvalue weighted by Crippen LogP contribution is 2.27. The lowest BCUT2D eigenvalue weighted by Gasteiger charge is -2.06. The van der Waals surface area contributed by atoms with E-state index in [9.17, 15) is 13.6 Å². The molecule has 78 valence electrons. The molecule has 0 aliphatic heterocycles. The average Bonchev–Trinajstić information content (AvgIpc) is 2.16. The molecule has 5 nitrogen and oxygen atoms in total. The maximum absolute atomic E-state index is 12.3. The SMILES string of the molecule is N#Cc1c(O)cnc(C(F)F)c1C(=O)O. The second-order valence-electron chi connectivity index (χ2n) is 2.50. The molecule has 0 saturated heterocycles. The molecule has 0 amide bonds. The monoisotopic (exact) mass is 214 g/mol. The van der Waals surface area contributed by atoms with Crippen LogP contribution in [0.1, 0.15) is 28.0 Å². The van der Waals surface area contributed by atoms with Crippen molar-refractivity contribution < 1.29 is 23.8 Å². The topological polar surface area (TPSA) is 94.2 Å². The molecule has 0 radical (unpaired) electrons. The van der Waals surface area contributed by atoms with E-state index in [1.165, 1.54) is 6.07 Å². The minimum absolute atomic E-state index is 0.618. The maximum Gasteiger partial charge on any atom is 0.339 e. The summed E-state index contributed by atoms with van der Waals surface area (Å²) in [5, 5.41) is 26.2. The first-order valence-corrected chi connectivity index (χ1v) is 3.62. The Labute approximate surface area is 82.2 Å². The molecule has 0 aromatic carbocycles. The van der Waals surface area contributed by atoms with Crippen molar-refractivity contribution in [2.75, 3.05) is 0 Å². The average molecular weight is 214 g/mol. The smallest absolute Gasteiger partial charge is 0.339 e. The fraction of sp³-hybridized carbons (Fsp3) is 0.125. The molecule has 2 N–H and O–H groups in total. The van der Waals surface area contributed by atoms with Crippen LogP contribution in [0.3, 0.4) is 0 Å². The summed E-state index contributed by atoms with van der Waals surface area (Å²) in [6, 6.07) is 1.34. The normalized spacial score (nSPS) is 10.0. The van der Waals surface area contributed by atoms with E-state index in [4.69, 9.17) is 15.5 Å². The molecule has 0 spiro atoms. The molecule has 1 rings (SSSR count). The number of alkyl halides is 2. The highest BCUT2D eigenvalue weighted by Gasteiger charge is 2.25. The molecule has 0 unspecified atom stereocenters. The van der Waals surface area contributed by atoms with Crippen LogP contribution in [0, 0.1) is 11.3 Å². The fourth-order valence-electron chi connectivity index (χ4n) is 1.01. The van der Waals surface area contributed by atoms with Gasteiger partial charge in [-0.3, -0.25) is 4.98 Å². The molecule has 0 saturated carbocycles. The van der Waals surface area contributed by atoms with E-state index < -0.39 is 35.0 Å². The van der Waals surface area contributed by atoms with Crippen molar-refractivity contribution >= 4 is 5.97 Å². The number of hydrogen-bond donors (Lipinski definition) is 2. The number of pyridine rings is 1. The van der Waals surface area contributed by atoms with Crippen LogP contribution >= 0.6 is 0 Å². The Bertz CT molecular complexity index is 454. The van der Waals surface area contributed by atoms with Gasteiger partial charge in [0, 0.05) is 0 Å². The van der Waals surface area contributed by atoms with E-state index in [1.54, 1.807) is 0 Å². The van der Waals surface area contributed by atoms with Crippen molar-refractivity contribution in [1.82, 2.24) is 4.98 Å². The molecule has 1 heterocycles. The van der Waals surface area contributed by atoms with E-state index in [0.717, 1.165) is 0 Å². The standard InChI is InChI=1S/C8H4F2N2O3/c9-7(10)6-5(8(14)15)3(1-11)4(13)2-12-6/h2,7,13H,(H,14,15). The van der Waals surface area contributed by atoms with Crippen LogP contribution in [0.15, 0.2) is 6.20 Å². The zero-order valence-electron chi connectivity index (χ0n) is 7.11. The second-order valence-corrected chi connectivity index (χ2v) is 2.50. The summed E-state index contributed by atoms with van der Waals surface area (Å²) in [6.45, 7) is 0. The number of hydrogen-bond acceptors (Lipinski definition) is 4. The number of nitriles is 1. The quantitative estimate of drug-likeness (QED) is 0.773. The molecule has 1 aromatic heterocycles. The van der Waals surface area contributed by atoms with Crippen LogP contribution < -0.4 is 0 Å². The summed E-state index contributed by atoms with van der Waals surface area (Å²) < 4.78 is 24.6. The van der Waals surface area contributed by atoms with Gasteiger partial charge in [-0.2, -0.15) is 5.26 Å². The first kappa shape index (κ1) is 10.8. The third kappa shape index (κ3) is 1.83. The highest BCUT2D eigenvalue weighted by molar-refractivity contribution is 5.92. The van der Waals surface area contributed by atoms with Crippen LogP contribution in [0.5, 0.6) is 5.75 Å². The molecule has 0 aliphatic carbocycles. The van der Waals surface area contributed by atoms with Crippen LogP contribution in [-0.2, 0) is 0 Å². The van der Waals surface area contributed by atoms with Gasteiger partial charge in [-0.1, -0.05) is 0 Å². The number of aromatic hydroxyl groups is 1. The summed E-state index contributed by atoms with van der Waals surface area (Å²) in [5.41, 5.74) is -2.71. The van der Waals surface area contributed by atoms with Gasteiger partial charge in [-0.25, -0.2) is 13.6 Å². The van der Waals surface area contributed by atoms with Crippen molar-refractivity contribution in [3.8, 4) is 11.8 Å². The first-order valence-electron chi connectivity index (χ1n) is 3.62. The van der Waals surface area contributed by atoms with Gasteiger partial charge in [0.1, 0.15) is 22.9 Å². The van der Waals surface area contributed by atoms with Gasteiger partial charge in [-0.05, 0) is 0 Å². The largest absolute Gasteiger partial charge is 0.505 e. The van der Waals surface area contributed by atoms with Crippen LogP contribution in [0.4, 0.5) is 8.78 Å². The molecular weight excluding hydrogens is 210 g/mol. The lowest BCUT2D eigenvalue weighted by molar-refractivity contribution is 0.0681. The fourth-order valence-corrected chi connectivity index (χ4v) is 1.01. The minimum atomic E-state index is -3.12. The van der Waals surface area contributed by atoms with Crippen molar-refractivity contribution in [2.45, 2.75) is 6.43 Å². The Morgan fingerprint density at radius 3 is 2.60 bits per heavy atom. The van der Waals surface area contributed by atoms with Crippen molar-refractivity contribution in [2.24, 2.45) is 0 Å². The van der Waals surface area contributed by atoms with Gasteiger partial charge in [0.05, 0.1) is 6.20 Å². The summed E-state index contributed by atoms with van der Waals surface area (Å²) in [5.74, 6) is -2.47. The number of carboxylic acid groups (broad SMARTS) is 1. The van der Waals surface area contributed by atoms with E-state index >= 15 is 0 Å². The Morgan fingerprint density at radius 2 is 2.20 bits per heavy atom. The van der Waals surface area contributed by atoms with Crippen LogP contribution in [0.2, 0.25) is 0 Å². The number of carbonyl (C=O) groups is 1. The third-order valence-electron chi connectivity index (χ3n) is 1.62. The molecular formula is C8H4F2N2O3. The molecule has 0 atom stereocenters. The number of carboxylic acids is 1. The van der Waals surface area contributed by atoms with Crippen molar-refractivity contribution in [1.29, 1.82) is 5.26 Å². The molecule has 0 aliphatic rings. The predicted octanol–water partition coefficient (Wildman–Crippen LogP) is 1.29. The predicted molar refractivity (Wildman–Crippen MR) is 42.5 cm³/mol. The Morgan fingerprint density at radius 1 is 1.60 bits per heavy atom. The van der Waals surface area contributed by atoms with Crippen LogP contribution in [0.25, 0.3) is 0 Å². The maximum atomic E-state index is 12.3. The van der Waals surface area contributed by atoms with Gasteiger partial charge in [0.2, 0.25) is 0 Å². The molecule has 0 fully saturated rings. The summed E-state index contributed by atoms with van der Waals surface area (Å²) in [7, 11) is 0. The zero-order chi connectivity index (χ0) is 11.6. The van der Waals surface area contributed by atoms with Gasteiger partial charge >= 0.3 is 5.97 Å². The number of nitrogens with zero attached hydrogens (tertiary/aromatic N) is 2. The minimum Gasteiger partial charge on any atom is -0.505 e. The Balaban J connectivity index is 3.58. The van der Waals surface area contributed by atoms with E-state index in [1.807, 2.05) is 0 Å². The van der Waals surface area contributed by atoms with Crippen molar-refractivity contribution in [3.63, 3.8) is 0 Å². The Hall–Kier alpha value is -2.23. The molecule has 7 heteroatoms. The number of aromatic carboxylic acids is 1. The van der Waals surface area contributed by atoms with E-state index in [2.05, 4.69) is 4.98 Å². The summed E-state index contributed by atoms with van der Waals surface area (Å²) in [4.78, 5) is 13.7. The van der Waals surface area contributed by atoms with Gasteiger partial charge in [0.15, 0.2) is 5.75 Å². The lowest BCUT2D eigenvalue weighted by Crippen LogP contribution is -2.08. The highest BCUT2D eigenvalue weighted by atomic mass is 19.3. The third-order valence-corrected chi connectivity index (χ3v) is 1.62. The van der Waals surface area contributed by atoms with Crippen molar-refractivity contribution in [3.05, 3.63) is 23.0 Å². The molecule has 0 bridgehead atoms. The lowest BCUT2D eigenvalue weighted by atomic mass is 10.1. The molecule has 1 aromatic rings. The number of aromatic nitrogens is 1. The van der Waals surface area contributed by atoms with E-state index in [-0.39, 0.29) is 0 Å². The van der Waals surface area contributed by atoms with E-state index in [0.29, 0.717) is 6.20 Å². The summed E-state index contributed by atoms with van der Waals surface area (Å²) in [6.07, 6.45) is -2.50. The first-order chi connectivity index (χ1) is 6.99. The van der Waals surface area contributed by atoms with Gasteiger partial charge in [0.25, 0.3) is 6.43 Å². The second kappa shape index (κ2) is 3.88. The number of halogens is 2. The summed E-state index contributed by atoms with van der Waals surface area (Å²) >= 11 is 0. The number of rotatable bonds is 2. The van der Waals surface area contributed by atoms with Crippen LogP contribution in [-0.4, -0.2) is 21.2 Å². The zero-order valence-corrected chi connectivity index (χ0v) is 7.11. The van der Waals surface area contributed by atoms with Gasteiger partial charge in [-0.15, -0.1) is 0 Å². The van der Waals surface area contributed by atoms with Gasteiger partial charge < -0.3 is 10.2 Å². The Kier molecular flexibility index (Phi) is 2.80.